The van der Waals surface area contributed by atoms with Crippen LogP contribution in [0.25, 0.3) is 0 Å². The highest BCUT2D eigenvalue weighted by Gasteiger charge is 2.20. The van der Waals surface area contributed by atoms with Crippen molar-refractivity contribution in [2.45, 2.75) is 63.6 Å². The molecule has 3 nitrogen and oxygen atoms in total. The maximum Gasteiger partial charge on any atom is 0.0649 e. The van der Waals surface area contributed by atoms with E-state index in [4.69, 9.17) is 10.5 Å². The molecule has 1 fully saturated rings. The van der Waals surface area contributed by atoms with Crippen molar-refractivity contribution >= 4 is 0 Å². The van der Waals surface area contributed by atoms with Crippen LogP contribution < -0.4 is 5.73 Å². The van der Waals surface area contributed by atoms with E-state index in [2.05, 4.69) is 16.8 Å². The summed E-state index contributed by atoms with van der Waals surface area (Å²) in [6.07, 6.45) is 11.5. The second-order valence-corrected chi connectivity index (χ2v) is 5.69. The first-order chi connectivity index (χ1) is 8.84. The Morgan fingerprint density at radius 1 is 1.22 bits per heavy atom. The van der Waals surface area contributed by atoms with Crippen LogP contribution in [-0.4, -0.2) is 17.3 Å². The zero-order valence-corrected chi connectivity index (χ0v) is 11.1. The van der Waals surface area contributed by atoms with E-state index in [-0.39, 0.29) is 6.04 Å². The van der Waals surface area contributed by atoms with Gasteiger partial charge in [0.1, 0.15) is 0 Å². The first-order valence-electron chi connectivity index (χ1n) is 7.39. The third kappa shape index (κ3) is 2.47. The molecular weight excluding hydrogens is 224 g/mol. The van der Waals surface area contributed by atoms with Crippen LogP contribution in [0.1, 0.15) is 55.8 Å². The zero-order valence-electron chi connectivity index (χ0n) is 11.1. The van der Waals surface area contributed by atoms with Crippen LogP contribution in [0.5, 0.6) is 0 Å². The third-order valence-electron chi connectivity index (χ3n) is 4.43. The van der Waals surface area contributed by atoms with E-state index >= 15 is 0 Å². The largest absolute Gasteiger partial charge is 0.376 e. The second kappa shape index (κ2) is 5.45. The lowest BCUT2D eigenvalue weighted by molar-refractivity contribution is 0.0526. The first-order valence-corrected chi connectivity index (χ1v) is 7.39. The molecule has 3 rings (SSSR count). The number of nitrogens with two attached hydrogens (primary N) is 1. The van der Waals surface area contributed by atoms with Gasteiger partial charge >= 0.3 is 0 Å². The number of fused-ring (bicyclic) bond motifs is 1. The molecule has 1 atom stereocenters. The van der Waals surface area contributed by atoms with Gasteiger partial charge in [-0.25, -0.2) is 0 Å². The van der Waals surface area contributed by atoms with Crippen molar-refractivity contribution in [3.63, 3.8) is 0 Å². The van der Waals surface area contributed by atoms with Crippen LogP contribution in [-0.2, 0) is 17.7 Å². The molecule has 0 aliphatic heterocycles. The Balaban J connectivity index is 1.56. The van der Waals surface area contributed by atoms with Crippen molar-refractivity contribution in [1.82, 2.24) is 4.57 Å². The molecule has 2 aliphatic carbocycles. The minimum Gasteiger partial charge on any atom is -0.376 e. The highest BCUT2D eigenvalue weighted by atomic mass is 16.5. The lowest BCUT2D eigenvalue weighted by Crippen LogP contribution is -2.19. The van der Waals surface area contributed by atoms with Crippen LogP contribution in [0, 0.1) is 0 Å². The molecule has 0 spiro atoms. The molecule has 2 N–H and O–H groups in total. The van der Waals surface area contributed by atoms with Crippen LogP contribution in [0.4, 0.5) is 0 Å². The lowest BCUT2D eigenvalue weighted by atomic mass is 9.94. The van der Waals surface area contributed by atoms with E-state index in [1.54, 1.807) is 0 Å². The fourth-order valence-corrected chi connectivity index (χ4v) is 3.37. The summed E-state index contributed by atoms with van der Waals surface area (Å²) in [5.74, 6) is 0. The summed E-state index contributed by atoms with van der Waals surface area (Å²) in [5, 5.41) is 0. The molecule has 3 heteroatoms. The summed E-state index contributed by atoms with van der Waals surface area (Å²) in [6.45, 7) is 1.83. The molecule has 1 aromatic heterocycles. The second-order valence-electron chi connectivity index (χ2n) is 5.69. The molecule has 1 unspecified atom stereocenters. The van der Waals surface area contributed by atoms with Crippen molar-refractivity contribution in [3.05, 3.63) is 23.5 Å². The van der Waals surface area contributed by atoms with Gasteiger partial charge in [-0.3, -0.25) is 0 Å². The molecular formula is C15H24N2O. The summed E-state index contributed by atoms with van der Waals surface area (Å²) in [4.78, 5) is 0. The molecule has 0 saturated heterocycles. The van der Waals surface area contributed by atoms with Gasteiger partial charge in [0.05, 0.1) is 12.7 Å². The van der Waals surface area contributed by atoms with Gasteiger partial charge in [0.25, 0.3) is 0 Å². The normalized spacial score (nSPS) is 24.4. The molecule has 0 amide bonds. The summed E-state index contributed by atoms with van der Waals surface area (Å²) in [7, 11) is 0. The summed E-state index contributed by atoms with van der Waals surface area (Å²) >= 11 is 0. The van der Waals surface area contributed by atoms with Gasteiger partial charge < -0.3 is 15.0 Å². The number of ether oxygens (including phenoxy) is 1. The predicted molar refractivity (Wildman–Crippen MR) is 72.5 cm³/mol. The summed E-state index contributed by atoms with van der Waals surface area (Å²) in [5.41, 5.74) is 8.95. The monoisotopic (exact) mass is 248 g/mol. The van der Waals surface area contributed by atoms with Crippen LogP contribution in [0.15, 0.2) is 12.3 Å². The topological polar surface area (TPSA) is 40.2 Å². The van der Waals surface area contributed by atoms with Crippen LogP contribution in [0.2, 0.25) is 0 Å². The first kappa shape index (κ1) is 12.2. The highest BCUT2D eigenvalue weighted by molar-refractivity contribution is 5.28. The molecule has 0 bridgehead atoms. The Morgan fingerprint density at radius 3 is 2.89 bits per heavy atom. The van der Waals surface area contributed by atoms with Gasteiger partial charge in [-0.1, -0.05) is 12.8 Å². The van der Waals surface area contributed by atoms with Crippen molar-refractivity contribution < 1.29 is 4.74 Å². The third-order valence-corrected chi connectivity index (χ3v) is 4.43. The van der Waals surface area contributed by atoms with Crippen molar-refractivity contribution in [2.75, 3.05) is 6.61 Å². The smallest absolute Gasteiger partial charge is 0.0649 e. The minimum atomic E-state index is 0.255. The molecule has 2 aliphatic rings. The standard InChI is InChI=1S/C15H24N2O/c16-14-6-3-7-15-13(14)8-9-17(15)10-11-18-12-4-1-2-5-12/h8-9,12,14H,1-7,10-11,16H2. The maximum atomic E-state index is 6.14. The van der Waals surface area contributed by atoms with E-state index in [0.29, 0.717) is 6.10 Å². The Kier molecular flexibility index (Phi) is 3.71. The van der Waals surface area contributed by atoms with Crippen LogP contribution in [0.3, 0.4) is 0 Å². The van der Waals surface area contributed by atoms with E-state index in [0.717, 1.165) is 19.6 Å². The Bertz CT molecular complexity index is 393. The lowest BCUT2D eigenvalue weighted by Gasteiger charge is -2.21. The van der Waals surface area contributed by atoms with Gasteiger partial charge in [-0.15, -0.1) is 0 Å². The van der Waals surface area contributed by atoms with Gasteiger partial charge in [0, 0.05) is 24.5 Å². The molecule has 100 valence electrons. The molecule has 0 radical (unpaired) electrons. The molecule has 1 aromatic rings. The number of hydrogen-bond acceptors (Lipinski definition) is 2. The summed E-state index contributed by atoms with van der Waals surface area (Å²) in [6, 6.07) is 2.46. The molecule has 0 aromatic carbocycles. The molecule has 18 heavy (non-hydrogen) atoms. The van der Waals surface area contributed by atoms with Crippen molar-refractivity contribution in [1.29, 1.82) is 0 Å². The maximum absolute atomic E-state index is 6.14. The highest BCUT2D eigenvalue weighted by Crippen LogP contribution is 2.28. The van der Waals surface area contributed by atoms with E-state index in [1.165, 1.54) is 49.8 Å². The van der Waals surface area contributed by atoms with Gasteiger partial charge in [-0.05, 0) is 43.7 Å². The Hall–Kier alpha value is -0.800. The Labute approximate surface area is 109 Å². The van der Waals surface area contributed by atoms with E-state index < -0.39 is 0 Å². The minimum absolute atomic E-state index is 0.255. The SMILES string of the molecule is NC1CCCc2c1ccn2CCOC1CCCC1. The van der Waals surface area contributed by atoms with Gasteiger partial charge in [0.15, 0.2) is 0 Å². The summed E-state index contributed by atoms with van der Waals surface area (Å²) < 4.78 is 8.29. The van der Waals surface area contributed by atoms with Crippen LogP contribution >= 0.6 is 0 Å². The quantitative estimate of drug-likeness (QED) is 0.890. The molecule has 1 saturated carbocycles. The fraction of sp³-hybridized carbons (Fsp3) is 0.733. The number of rotatable bonds is 4. The number of hydrogen-bond donors (Lipinski definition) is 1. The molecule has 1 heterocycles. The average molecular weight is 248 g/mol. The average Bonchev–Trinajstić information content (AvgIpc) is 3.00. The van der Waals surface area contributed by atoms with Gasteiger partial charge in [-0.2, -0.15) is 0 Å². The zero-order chi connectivity index (χ0) is 12.4. The van der Waals surface area contributed by atoms with Crippen molar-refractivity contribution in [3.8, 4) is 0 Å². The number of nitrogens with zero attached hydrogens (tertiary/aromatic N) is 1. The van der Waals surface area contributed by atoms with Crippen molar-refractivity contribution in [2.24, 2.45) is 5.73 Å². The van der Waals surface area contributed by atoms with Gasteiger partial charge in [0.2, 0.25) is 0 Å². The number of aromatic nitrogens is 1. The fourth-order valence-electron chi connectivity index (χ4n) is 3.37. The van der Waals surface area contributed by atoms with E-state index in [9.17, 15) is 0 Å². The van der Waals surface area contributed by atoms with E-state index in [1.807, 2.05) is 0 Å². The predicted octanol–water partition coefficient (Wildman–Crippen LogP) is 2.78. The Morgan fingerprint density at radius 2 is 2.06 bits per heavy atom.